The van der Waals surface area contributed by atoms with E-state index in [1.165, 1.54) is 126 Å². The molecule has 0 unspecified atom stereocenters. The second-order valence-electron chi connectivity index (χ2n) is 25.0. The second-order valence-corrected chi connectivity index (χ2v) is 25.0. The summed E-state index contributed by atoms with van der Waals surface area (Å²) in [6.45, 7) is 5.47. The van der Waals surface area contributed by atoms with Gasteiger partial charge < -0.3 is 59.1 Å². The van der Waals surface area contributed by atoms with E-state index in [9.17, 15) is 74.9 Å². The van der Waals surface area contributed by atoms with Crippen LogP contribution in [0.25, 0.3) is 0 Å². The lowest BCUT2D eigenvalue weighted by atomic mass is 10.0. The van der Waals surface area contributed by atoms with Crippen LogP contribution in [0.3, 0.4) is 0 Å². The Hall–Kier alpha value is -11.8. The number of ether oxygens (including phenoxy) is 6. The number of esters is 2. The van der Waals surface area contributed by atoms with Crippen molar-refractivity contribution in [3.63, 3.8) is 0 Å². The van der Waals surface area contributed by atoms with Crippen molar-refractivity contribution in [2.45, 2.75) is 123 Å². The standard InChI is InChI=1S/C41H43F3N2O8.C40H40F4N2O8/c1-4-5-6-7-8-21-53-32-17-11-29(12-18-32)40(51)54-33-15-9-28(10-16-33)25-46(26-38(48)49)39(50)31-14-20-36(27(2)22-31)45-37(47)23-30-13-19-34(52-3)24-35(30)41(42,43)44;1-3-4-5-6-7-20-53-30-16-10-27(11-17-30)39(51)54-31-14-8-26(9-15-31)24-46(25-37(48)49)38(50)29-13-19-35(34(41)21-29)45-36(47)22-28-12-18-32(52-2)23-33(28)40(42,43)44/h9-20,22,24H,4-8,21,23,25-26H2,1-3H3,(H,45,47)(H,48,49);8-19,21,23H,3-7,20,22,24-25H2,1-2H3,(H,45,47)(H,48,49). The summed E-state index contributed by atoms with van der Waals surface area (Å²) in [7, 11) is 2.44. The molecule has 0 aliphatic rings. The quantitative estimate of drug-likeness (QED) is 0.0123. The second kappa shape index (κ2) is 40.6. The van der Waals surface area contributed by atoms with Gasteiger partial charge in [0, 0.05) is 29.9 Å². The Labute approximate surface area is 619 Å². The highest BCUT2D eigenvalue weighted by Crippen LogP contribution is 2.37. The predicted octanol–water partition coefficient (Wildman–Crippen LogP) is 16.8. The summed E-state index contributed by atoms with van der Waals surface area (Å²) in [5.41, 5.74) is -0.785. The van der Waals surface area contributed by atoms with Crippen molar-refractivity contribution in [2.24, 2.45) is 0 Å². The van der Waals surface area contributed by atoms with E-state index in [0.717, 1.165) is 71.9 Å². The van der Waals surface area contributed by atoms with Gasteiger partial charge in [0.25, 0.3) is 11.8 Å². The minimum absolute atomic E-state index is 0.00401. The fourth-order valence-electron chi connectivity index (χ4n) is 11.0. The van der Waals surface area contributed by atoms with E-state index in [4.69, 9.17) is 28.4 Å². The zero-order valence-corrected chi connectivity index (χ0v) is 60.0. The number of hydrogen-bond donors (Lipinski definition) is 4. The molecule has 8 aromatic carbocycles. The molecule has 0 atom stereocenters. The van der Waals surface area contributed by atoms with E-state index in [1.54, 1.807) is 67.6 Å². The molecular formula is C81H83F7N4O16. The molecule has 0 aromatic heterocycles. The maximum atomic E-state index is 15.1. The number of unbranched alkanes of at least 4 members (excludes halogenated alkanes) is 8. The van der Waals surface area contributed by atoms with Crippen LogP contribution in [0.1, 0.15) is 158 Å². The molecule has 0 bridgehead atoms. The zero-order chi connectivity index (χ0) is 78.5. The van der Waals surface area contributed by atoms with Crippen molar-refractivity contribution in [3.05, 3.63) is 237 Å². The maximum Gasteiger partial charge on any atom is 0.416 e. The van der Waals surface area contributed by atoms with Crippen LogP contribution in [0, 0.1) is 12.7 Å². The van der Waals surface area contributed by atoms with Crippen LogP contribution in [0.4, 0.5) is 42.1 Å². The first-order chi connectivity index (χ1) is 51.5. The van der Waals surface area contributed by atoms with Gasteiger partial charge in [-0.3, -0.25) is 28.8 Å². The van der Waals surface area contributed by atoms with Crippen molar-refractivity contribution in [1.82, 2.24) is 9.80 Å². The number of nitrogens with one attached hydrogen (secondary N) is 2. The Kier molecular flexibility index (Phi) is 31.4. The van der Waals surface area contributed by atoms with Gasteiger partial charge >= 0.3 is 36.2 Å². The third kappa shape index (κ3) is 26.4. The number of carboxylic acid groups (broad SMARTS) is 2. The first-order valence-corrected chi connectivity index (χ1v) is 34.6. The summed E-state index contributed by atoms with van der Waals surface area (Å²) in [6, 6.07) is 39.3. The van der Waals surface area contributed by atoms with Crippen LogP contribution < -0.4 is 39.1 Å². The lowest BCUT2D eigenvalue weighted by Gasteiger charge is -2.22. The normalized spacial score (nSPS) is 11.1. The highest BCUT2D eigenvalue weighted by molar-refractivity contribution is 5.99. The van der Waals surface area contributed by atoms with Gasteiger partial charge in [0.1, 0.15) is 53.4 Å². The maximum absolute atomic E-state index is 15.1. The molecule has 0 saturated heterocycles. The molecule has 27 heteroatoms. The van der Waals surface area contributed by atoms with Crippen molar-refractivity contribution >= 4 is 58.9 Å². The number of carbonyl (C=O) groups is 8. The predicted molar refractivity (Wildman–Crippen MR) is 387 cm³/mol. The van der Waals surface area contributed by atoms with Gasteiger partial charge in [-0.05, 0) is 181 Å². The Morgan fingerprint density at radius 2 is 0.769 bits per heavy atom. The average molecular weight is 1500 g/mol. The van der Waals surface area contributed by atoms with Crippen molar-refractivity contribution in [3.8, 4) is 34.5 Å². The number of aliphatic carboxylic acids is 2. The largest absolute Gasteiger partial charge is 0.497 e. The van der Waals surface area contributed by atoms with Crippen LogP contribution >= 0.6 is 0 Å². The number of carboxylic acids is 2. The summed E-state index contributed by atoms with van der Waals surface area (Å²) in [5, 5.41) is 23.8. The first kappa shape index (κ1) is 83.5. The molecule has 0 spiro atoms. The SMILES string of the molecule is CCCCCCCOc1ccc(C(=O)Oc2ccc(CN(CC(=O)O)C(=O)c3ccc(NC(=O)Cc4ccc(OC)cc4C(F)(F)F)c(C)c3)cc2)cc1.CCCCCCCOc1ccc(C(=O)Oc2ccc(CN(CC(=O)O)C(=O)c3ccc(NC(=O)Cc4ccc(OC)cc4C(F)(F)F)c(F)c3)cc2)cc1. The van der Waals surface area contributed by atoms with Gasteiger partial charge in [0.2, 0.25) is 11.8 Å². The molecular weight excluding hydrogens is 1420 g/mol. The third-order valence-electron chi connectivity index (χ3n) is 16.6. The first-order valence-electron chi connectivity index (χ1n) is 34.6. The van der Waals surface area contributed by atoms with Crippen LogP contribution in [0.2, 0.25) is 0 Å². The molecule has 0 radical (unpaired) electrons. The summed E-state index contributed by atoms with van der Waals surface area (Å²) in [5.74, 6) is -6.22. The molecule has 0 saturated carbocycles. The van der Waals surface area contributed by atoms with Gasteiger partial charge in [0.05, 0.1) is 68.2 Å². The fourth-order valence-corrected chi connectivity index (χ4v) is 11.0. The number of anilines is 2. The molecule has 0 aliphatic heterocycles. The summed E-state index contributed by atoms with van der Waals surface area (Å²) in [6.07, 6.45) is 0.454. The number of halogens is 7. The van der Waals surface area contributed by atoms with Gasteiger partial charge in [-0.25, -0.2) is 14.0 Å². The molecule has 0 aliphatic carbocycles. The van der Waals surface area contributed by atoms with Crippen molar-refractivity contribution in [2.75, 3.05) is 51.2 Å². The van der Waals surface area contributed by atoms with Crippen LogP contribution in [-0.2, 0) is 57.5 Å². The van der Waals surface area contributed by atoms with Crippen molar-refractivity contribution in [1.29, 1.82) is 0 Å². The lowest BCUT2D eigenvalue weighted by Crippen LogP contribution is -2.35. The van der Waals surface area contributed by atoms with E-state index < -0.39 is 108 Å². The monoisotopic (exact) mass is 1500 g/mol. The Morgan fingerprint density at radius 3 is 1.13 bits per heavy atom. The number of benzene rings is 8. The molecule has 4 amide bonds. The fraction of sp³-hybridized carbons (Fsp3) is 0.309. The Morgan fingerprint density at radius 1 is 0.417 bits per heavy atom. The highest BCUT2D eigenvalue weighted by Gasteiger charge is 2.36. The number of alkyl halides is 6. The van der Waals surface area contributed by atoms with Gasteiger partial charge in [-0.2, -0.15) is 26.3 Å². The number of hydrogen-bond acceptors (Lipinski definition) is 14. The van der Waals surface area contributed by atoms with E-state index in [2.05, 4.69) is 24.5 Å². The van der Waals surface area contributed by atoms with Crippen LogP contribution in [-0.4, -0.2) is 108 Å². The minimum atomic E-state index is -4.77. The number of methoxy groups -OCH3 is 2. The number of nitrogens with zero attached hydrogens (tertiary/aromatic N) is 2. The topological polar surface area (TPSA) is 263 Å². The van der Waals surface area contributed by atoms with Gasteiger partial charge in [0.15, 0.2) is 0 Å². The number of carbonyl (C=O) groups excluding carboxylic acids is 6. The summed E-state index contributed by atoms with van der Waals surface area (Å²) >= 11 is 0. The zero-order valence-electron chi connectivity index (χ0n) is 60.0. The molecule has 8 rings (SSSR count). The Bertz CT molecular complexity index is 4100. The number of amides is 4. The van der Waals surface area contributed by atoms with Gasteiger partial charge in [-0.1, -0.05) is 102 Å². The van der Waals surface area contributed by atoms with E-state index in [0.29, 0.717) is 52.5 Å². The lowest BCUT2D eigenvalue weighted by molar-refractivity contribution is -0.139. The van der Waals surface area contributed by atoms with Crippen LogP contribution in [0.15, 0.2) is 170 Å². The van der Waals surface area contributed by atoms with E-state index in [-0.39, 0.29) is 64.0 Å². The number of rotatable bonds is 36. The average Bonchev–Trinajstić information content (AvgIpc) is 0.814. The number of aryl methyl sites for hydroxylation is 1. The third-order valence-corrected chi connectivity index (χ3v) is 16.6. The smallest absolute Gasteiger partial charge is 0.416 e. The molecule has 572 valence electrons. The van der Waals surface area contributed by atoms with Crippen LogP contribution in [0.5, 0.6) is 34.5 Å². The molecule has 0 fully saturated rings. The Balaban J connectivity index is 0.000000301. The minimum Gasteiger partial charge on any atom is -0.497 e. The summed E-state index contributed by atoms with van der Waals surface area (Å²) in [4.78, 5) is 103. The molecule has 8 aromatic rings. The summed E-state index contributed by atoms with van der Waals surface area (Å²) < 4.78 is 129. The van der Waals surface area contributed by atoms with Crippen molar-refractivity contribution < 1.29 is 108 Å². The molecule has 108 heavy (non-hydrogen) atoms. The van der Waals surface area contributed by atoms with E-state index >= 15 is 4.39 Å². The highest BCUT2D eigenvalue weighted by atomic mass is 19.4. The van der Waals surface area contributed by atoms with Gasteiger partial charge in [-0.15, -0.1) is 0 Å². The van der Waals surface area contributed by atoms with E-state index in [1.807, 2.05) is 0 Å². The molecule has 4 N–H and O–H groups in total. The molecule has 0 heterocycles. The molecule has 20 nitrogen and oxygen atoms in total.